The van der Waals surface area contributed by atoms with E-state index in [0.717, 1.165) is 57.0 Å². The molecule has 0 radical (unpaired) electrons. The molecule has 482 valence electrons. The minimum Gasteiger partial charge on any atom is -0.468 e. The van der Waals surface area contributed by atoms with E-state index in [1.807, 2.05) is 46.2 Å². The highest BCUT2D eigenvalue weighted by molar-refractivity contribution is 5.87. The lowest BCUT2D eigenvalue weighted by molar-refractivity contribution is 0.345. The van der Waals surface area contributed by atoms with Crippen LogP contribution in [-0.2, 0) is 70.5 Å². The topological polar surface area (TPSA) is 384 Å². The van der Waals surface area contributed by atoms with Gasteiger partial charge in [-0.25, -0.2) is 47.4 Å². The summed E-state index contributed by atoms with van der Waals surface area (Å²) < 4.78 is 36.2. The van der Waals surface area contributed by atoms with Gasteiger partial charge in [0.25, 0.3) is 16.7 Å². The quantitative estimate of drug-likeness (QED) is 0.199. The predicted octanol–water partition coefficient (Wildman–Crippen LogP) is -0.545. The van der Waals surface area contributed by atoms with Crippen LogP contribution in [0.25, 0.3) is 12.2 Å². The number of aromatic nitrogens is 17. The zero-order chi connectivity index (χ0) is 68.3. The van der Waals surface area contributed by atoms with Crippen LogP contribution in [0.2, 0.25) is 0 Å². The van der Waals surface area contributed by atoms with Crippen LogP contribution < -0.4 is 72.3 Å². The van der Waals surface area contributed by atoms with Gasteiger partial charge in [-0.1, -0.05) is 6.58 Å². The van der Waals surface area contributed by atoms with Crippen molar-refractivity contribution in [2.45, 2.75) is 110 Å². The van der Waals surface area contributed by atoms with E-state index in [-0.39, 0.29) is 34.2 Å². The van der Waals surface area contributed by atoms with Gasteiger partial charge in [-0.15, -0.1) is 30.5 Å². The summed E-state index contributed by atoms with van der Waals surface area (Å²) in [5, 5.41) is 23.1. The van der Waals surface area contributed by atoms with Gasteiger partial charge in [0, 0.05) is 95.2 Å². The monoisotopic (exact) mass is 1230 g/mol. The average Bonchev–Trinajstić information content (AvgIpc) is 4.40. The molecule has 33 nitrogen and oxygen atoms in total. The van der Waals surface area contributed by atoms with Crippen molar-refractivity contribution in [2.24, 2.45) is 75.5 Å². The van der Waals surface area contributed by atoms with Gasteiger partial charge in [-0.05, 0) is 108 Å². The van der Waals surface area contributed by atoms with Gasteiger partial charge >= 0.3 is 46.1 Å². The Balaban J connectivity index is 0.000000497. The lowest BCUT2D eigenvalue weighted by Crippen LogP contribution is -2.39. The third-order valence-electron chi connectivity index (χ3n) is 12.8. The number of methoxy groups -OCH3 is 1. The van der Waals surface area contributed by atoms with Crippen LogP contribution in [0.4, 0.5) is 0 Å². The van der Waals surface area contributed by atoms with Gasteiger partial charge in [-0.2, -0.15) is 9.78 Å². The van der Waals surface area contributed by atoms with Crippen LogP contribution in [-0.4, -0.2) is 94.3 Å². The second-order valence-electron chi connectivity index (χ2n) is 19.8. The number of hydrogen-bond acceptors (Lipinski definition) is 23. The second-order valence-corrected chi connectivity index (χ2v) is 19.8. The average molecular weight is 1240 g/mol. The van der Waals surface area contributed by atoms with Crippen molar-refractivity contribution in [3.63, 3.8) is 0 Å². The van der Waals surface area contributed by atoms with Crippen molar-refractivity contribution < 1.29 is 22.4 Å². The minimum atomic E-state index is -0.616. The van der Waals surface area contributed by atoms with Gasteiger partial charge in [-0.3, -0.25) is 42.2 Å². The molecule has 0 aliphatic carbocycles. The van der Waals surface area contributed by atoms with Crippen LogP contribution in [0, 0.1) is 69.2 Å². The molecule has 0 unspecified atom stereocenters. The van der Waals surface area contributed by atoms with E-state index in [0.29, 0.717) is 51.0 Å². The Morgan fingerprint density at radius 3 is 1.30 bits per heavy atom. The standard InChI is InChI=1S/C8H11NO2.C7H9NO3.C7H11N.C6H9N3O3.C6H9N3O2.C6H9N3O.C6H9NO2.C5H9N3.C4H6N2O2/c1-5(2)7-6(3)9(4)8(10)11-7;1-4-5(2)11-7(10)8(3)6(4)9;1-5-4-6(2)8-7(5)3;1-8-4(10)7-5(12-3)9(2)6(8)11;1-4-5(10)8(2)6(11)9(3)7-4;1-4-6(10)9(3)5(2)8-7-4;1-4-5(2)9-6(8)7(4)3;1-4-6-7-5(2)8(4)3;1-3-5-6(2)4(7)8-3/h3H2,1-2,4H3;1-3H3;4H2,1-3H3;1-3H3;1-3H3;1-3H3;1-3H3;1-3H3;1-2H3. The third kappa shape index (κ3) is 21.1. The summed E-state index contributed by atoms with van der Waals surface area (Å²) in [5.41, 5.74) is 5.40. The van der Waals surface area contributed by atoms with Gasteiger partial charge in [0.1, 0.15) is 40.4 Å². The molecule has 9 heterocycles. The molecule has 0 atom stereocenters. The fourth-order valence-corrected chi connectivity index (χ4v) is 6.49. The number of rotatable bonds is 1. The highest BCUT2D eigenvalue weighted by Gasteiger charge is 2.09. The fourth-order valence-electron chi connectivity index (χ4n) is 6.49. The first-order valence-corrected chi connectivity index (χ1v) is 26.4. The first-order chi connectivity index (χ1) is 40.5. The van der Waals surface area contributed by atoms with Gasteiger partial charge in [0.2, 0.25) is 5.89 Å². The van der Waals surface area contributed by atoms with Crippen molar-refractivity contribution in [2.75, 3.05) is 7.11 Å². The van der Waals surface area contributed by atoms with E-state index in [2.05, 4.69) is 72.3 Å². The number of allylic oxidation sites excluding steroid dienone is 2. The van der Waals surface area contributed by atoms with Crippen LogP contribution in [0.5, 0.6) is 6.01 Å². The molecule has 0 amide bonds. The third-order valence-corrected chi connectivity index (χ3v) is 12.8. The maximum atomic E-state index is 11.2. The molecule has 8 aromatic rings. The molecule has 0 saturated heterocycles. The molecule has 9 rings (SSSR count). The smallest absolute Gasteiger partial charge is 0.436 e. The van der Waals surface area contributed by atoms with E-state index in [1.165, 1.54) is 73.0 Å². The number of oxazole rings is 2. The van der Waals surface area contributed by atoms with E-state index < -0.39 is 28.6 Å². The first-order valence-electron chi connectivity index (χ1n) is 26.4. The Labute approximate surface area is 503 Å². The zero-order valence-corrected chi connectivity index (χ0v) is 55.1. The Hall–Kier alpha value is -10.2. The predicted molar refractivity (Wildman–Crippen MR) is 327 cm³/mol. The number of ether oxygens (including phenoxy) is 1. The molecule has 0 bridgehead atoms. The Kier molecular flexibility index (Phi) is 28.8. The van der Waals surface area contributed by atoms with E-state index in [4.69, 9.17) is 18.0 Å². The molecular weight excluding hydrogens is 1150 g/mol. The molecule has 0 saturated carbocycles. The lowest BCUT2D eigenvalue weighted by Gasteiger charge is -2.04. The SMILES string of the molecule is C=c1c(=C(C)C)oc(=O)n1C.CC1=NC(C)=C(C)C1.COc1nc(=O)n(C)c(=O)n1C.Cc1nn(C)c(=O)n(C)c1=O.Cc1nn(C)c(=O)o1.Cc1nnc(C)n(C)c1=O.Cc1nnc(C)n1C.Cc1oc(=O)n(C)c(=O)c1C.Cc1oc(=O)n(C)c1C. The fraction of sp³-hybridized carbons (Fsp3) is 0.491. The van der Waals surface area contributed by atoms with Crippen molar-refractivity contribution in [1.29, 1.82) is 0 Å². The summed E-state index contributed by atoms with van der Waals surface area (Å²) in [6.07, 6.45) is 1.09. The molecule has 88 heavy (non-hydrogen) atoms. The molecule has 0 N–H and O–H groups in total. The van der Waals surface area contributed by atoms with E-state index in [9.17, 15) is 47.9 Å². The summed E-state index contributed by atoms with van der Waals surface area (Å²) in [6.45, 7) is 31.0. The molecule has 33 heteroatoms. The summed E-state index contributed by atoms with van der Waals surface area (Å²) in [6, 6.07) is 0.0168. The lowest BCUT2D eigenvalue weighted by atomic mass is 10.2. The van der Waals surface area contributed by atoms with Crippen molar-refractivity contribution in [1.82, 2.24) is 81.5 Å². The molecular formula is C55H82N18O15. The van der Waals surface area contributed by atoms with Crippen LogP contribution in [0.15, 0.2) is 81.9 Å². The second kappa shape index (κ2) is 33.5. The maximum absolute atomic E-state index is 11.2. The number of hydrogen-bond donors (Lipinski definition) is 0. The van der Waals surface area contributed by atoms with Crippen LogP contribution in [0.3, 0.4) is 0 Å². The molecule has 1 aliphatic heterocycles. The zero-order valence-electron chi connectivity index (χ0n) is 55.1. The van der Waals surface area contributed by atoms with Gasteiger partial charge < -0.3 is 27.0 Å². The van der Waals surface area contributed by atoms with Crippen molar-refractivity contribution in [3.05, 3.63) is 184 Å². The van der Waals surface area contributed by atoms with Gasteiger partial charge in [0.15, 0.2) is 5.42 Å². The molecule has 1 aliphatic rings. The summed E-state index contributed by atoms with van der Waals surface area (Å²) in [5.74, 6) is 2.37. The Bertz CT molecular complexity index is 4510. The summed E-state index contributed by atoms with van der Waals surface area (Å²) in [7, 11) is 17.0. The van der Waals surface area contributed by atoms with Crippen molar-refractivity contribution >= 4 is 17.9 Å². The van der Waals surface area contributed by atoms with E-state index in [1.54, 1.807) is 76.7 Å². The Morgan fingerprint density at radius 1 is 0.477 bits per heavy atom. The highest BCUT2D eigenvalue weighted by atomic mass is 16.5. The molecule has 0 spiro atoms. The normalized spacial score (nSPS) is 10.9. The molecule has 0 fully saturated rings. The molecule has 0 aromatic carbocycles. The van der Waals surface area contributed by atoms with Crippen LogP contribution >= 0.6 is 0 Å². The van der Waals surface area contributed by atoms with Gasteiger partial charge in [0.05, 0.1) is 23.7 Å². The van der Waals surface area contributed by atoms with E-state index >= 15 is 0 Å². The Morgan fingerprint density at radius 2 is 0.966 bits per heavy atom. The highest BCUT2D eigenvalue weighted by Crippen LogP contribution is 2.17. The number of nitrogens with zero attached hydrogens (tertiary/aromatic N) is 18. The molecule has 8 aromatic heterocycles. The summed E-state index contributed by atoms with van der Waals surface area (Å²) in [4.78, 5) is 117. The summed E-state index contributed by atoms with van der Waals surface area (Å²) >= 11 is 0. The maximum Gasteiger partial charge on any atom is 0.436 e. The number of aliphatic imine (C=N–C) groups is 1. The first kappa shape index (κ1) is 75.8. The van der Waals surface area contributed by atoms with Crippen LogP contribution in [0.1, 0.15) is 98.6 Å². The number of aryl methyl sites for hydroxylation is 10. The largest absolute Gasteiger partial charge is 0.468 e. The van der Waals surface area contributed by atoms with Crippen molar-refractivity contribution in [3.8, 4) is 6.01 Å². The minimum absolute atomic E-state index is 0.0168.